The van der Waals surface area contributed by atoms with E-state index in [0.29, 0.717) is 6.54 Å². The van der Waals surface area contributed by atoms with Gasteiger partial charge in [-0.25, -0.2) is 0 Å². The van der Waals surface area contributed by atoms with Crippen LogP contribution in [0.25, 0.3) is 0 Å². The first-order valence-corrected chi connectivity index (χ1v) is 5.98. The van der Waals surface area contributed by atoms with Gasteiger partial charge in [0.2, 0.25) is 0 Å². The maximum Gasteiger partial charge on any atom is 0.165 e. The van der Waals surface area contributed by atoms with E-state index in [0.717, 1.165) is 44.1 Å². The molecule has 1 saturated heterocycles. The predicted octanol–water partition coefficient (Wildman–Crippen LogP) is 1.17. The van der Waals surface area contributed by atoms with Gasteiger partial charge >= 0.3 is 0 Å². The van der Waals surface area contributed by atoms with Crippen molar-refractivity contribution in [3.63, 3.8) is 0 Å². The summed E-state index contributed by atoms with van der Waals surface area (Å²) in [6.07, 6.45) is 3.15. The van der Waals surface area contributed by atoms with Crippen LogP contribution in [0.15, 0.2) is 0 Å². The van der Waals surface area contributed by atoms with E-state index in [9.17, 15) is 0 Å². The molecule has 90 valence electrons. The van der Waals surface area contributed by atoms with Gasteiger partial charge in [0.25, 0.3) is 0 Å². The van der Waals surface area contributed by atoms with Crippen LogP contribution in [0.5, 0.6) is 0 Å². The van der Waals surface area contributed by atoms with Crippen molar-refractivity contribution in [3.05, 3.63) is 11.6 Å². The number of ether oxygens (including phenoxy) is 1. The highest BCUT2D eigenvalue weighted by Crippen LogP contribution is 2.34. The molecule has 1 aromatic rings. The Morgan fingerprint density at radius 1 is 1.50 bits per heavy atom. The molecule has 16 heavy (non-hydrogen) atoms. The standard InChI is InChI=1S/C11H20N4O/c1-3-6-15-9(8-12)13-14-10(15)11(2)5-4-7-16-11/h3-8,12H2,1-2H3. The Balaban J connectivity index is 2.35. The number of hydrogen-bond acceptors (Lipinski definition) is 4. The average molecular weight is 224 g/mol. The van der Waals surface area contributed by atoms with E-state index in [2.05, 4.69) is 28.6 Å². The fraction of sp³-hybridized carbons (Fsp3) is 0.818. The van der Waals surface area contributed by atoms with Gasteiger partial charge in [0.1, 0.15) is 11.4 Å². The second-order valence-electron chi connectivity index (χ2n) is 4.48. The summed E-state index contributed by atoms with van der Waals surface area (Å²) < 4.78 is 7.92. The molecule has 2 N–H and O–H groups in total. The molecule has 1 aromatic heterocycles. The minimum absolute atomic E-state index is 0.268. The first kappa shape index (κ1) is 11.5. The van der Waals surface area contributed by atoms with Gasteiger partial charge in [-0.1, -0.05) is 6.92 Å². The van der Waals surface area contributed by atoms with Crippen LogP contribution in [0.2, 0.25) is 0 Å². The lowest BCUT2D eigenvalue weighted by atomic mass is 10.0. The molecule has 1 fully saturated rings. The smallest absolute Gasteiger partial charge is 0.165 e. The summed E-state index contributed by atoms with van der Waals surface area (Å²) in [6.45, 7) is 6.39. The molecule has 2 rings (SSSR count). The maximum absolute atomic E-state index is 5.81. The lowest BCUT2D eigenvalue weighted by molar-refractivity contribution is 0.00603. The molecule has 1 aliphatic rings. The third-order valence-corrected chi connectivity index (χ3v) is 3.15. The first-order chi connectivity index (χ1) is 7.71. The molecule has 1 aliphatic heterocycles. The van der Waals surface area contributed by atoms with Gasteiger partial charge in [0.05, 0.1) is 6.54 Å². The Bertz CT molecular complexity index is 355. The number of rotatable bonds is 4. The Morgan fingerprint density at radius 2 is 2.31 bits per heavy atom. The van der Waals surface area contributed by atoms with E-state index < -0.39 is 0 Å². The molecule has 2 heterocycles. The zero-order valence-electron chi connectivity index (χ0n) is 10.1. The van der Waals surface area contributed by atoms with E-state index in [1.54, 1.807) is 0 Å². The van der Waals surface area contributed by atoms with E-state index in [1.807, 2.05) is 0 Å². The number of hydrogen-bond donors (Lipinski definition) is 1. The minimum Gasteiger partial charge on any atom is -0.367 e. The van der Waals surface area contributed by atoms with Crippen LogP contribution >= 0.6 is 0 Å². The summed E-state index contributed by atoms with van der Waals surface area (Å²) >= 11 is 0. The van der Waals surface area contributed by atoms with Crippen LogP contribution in [-0.2, 0) is 23.4 Å². The molecule has 0 spiro atoms. The number of nitrogens with zero attached hydrogens (tertiary/aromatic N) is 3. The van der Waals surface area contributed by atoms with E-state index in [1.165, 1.54) is 0 Å². The molecule has 0 radical (unpaired) electrons. The topological polar surface area (TPSA) is 66.0 Å². The quantitative estimate of drug-likeness (QED) is 0.833. The second-order valence-corrected chi connectivity index (χ2v) is 4.48. The lowest BCUT2D eigenvalue weighted by Gasteiger charge is -2.23. The molecule has 0 saturated carbocycles. The van der Waals surface area contributed by atoms with Crippen molar-refractivity contribution >= 4 is 0 Å². The average Bonchev–Trinajstić information content (AvgIpc) is 2.86. The largest absolute Gasteiger partial charge is 0.367 e. The molecule has 0 bridgehead atoms. The van der Waals surface area contributed by atoms with Gasteiger partial charge in [-0.3, -0.25) is 0 Å². The molecular formula is C11H20N4O. The van der Waals surface area contributed by atoms with Gasteiger partial charge in [-0.2, -0.15) is 0 Å². The summed E-state index contributed by atoms with van der Waals surface area (Å²) in [7, 11) is 0. The normalized spacial score (nSPS) is 25.2. The summed E-state index contributed by atoms with van der Waals surface area (Å²) in [5.74, 6) is 1.79. The van der Waals surface area contributed by atoms with Crippen molar-refractivity contribution < 1.29 is 4.74 Å². The van der Waals surface area contributed by atoms with Crippen molar-refractivity contribution in [1.29, 1.82) is 0 Å². The molecule has 5 heteroatoms. The monoisotopic (exact) mass is 224 g/mol. The molecular weight excluding hydrogens is 204 g/mol. The van der Waals surface area contributed by atoms with Crippen LogP contribution in [0, 0.1) is 0 Å². The number of aromatic nitrogens is 3. The van der Waals surface area contributed by atoms with E-state index in [-0.39, 0.29) is 5.60 Å². The van der Waals surface area contributed by atoms with Crippen LogP contribution < -0.4 is 5.73 Å². The molecule has 5 nitrogen and oxygen atoms in total. The van der Waals surface area contributed by atoms with Crippen molar-refractivity contribution in [3.8, 4) is 0 Å². The first-order valence-electron chi connectivity index (χ1n) is 5.98. The fourth-order valence-electron chi connectivity index (χ4n) is 2.29. The lowest BCUT2D eigenvalue weighted by Crippen LogP contribution is -2.26. The van der Waals surface area contributed by atoms with Gasteiger partial charge in [-0.15, -0.1) is 10.2 Å². The molecule has 1 atom stereocenters. The van der Waals surface area contributed by atoms with Crippen molar-refractivity contribution in [2.45, 2.75) is 51.8 Å². The summed E-state index contributed by atoms with van der Waals surface area (Å²) in [6, 6.07) is 0. The van der Waals surface area contributed by atoms with E-state index >= 15 is 0 Å². The summed E-state index contributed by atoms with van der Waals surface area (Å²) in [5, 5.41) is 8.42. The van der Waals surface area contributed by atoms with Crippen LogP contribution in [0.1, 0.15) is 44.8 Å². The highest BCUT2D eigenvalue weighted by molar-refractivity contribution is 5.07. The Kier molecular flexibility index (Phi) is 3.25. The maximum atomic E-state index is 5.81. The predicted molar refractivity (Wildman–Crippen MR) is 60.7 cm³/mol. The minimum atomic E-state index is -0.268. The van der Waals surface area contributed by atoms with Gasteiger partial charge in [0.15, 0.2) is 5.82 Å². The number of nitrogens with two attached hydrogens (primary N) is 1. The fourth-order valence-corrected chi connectivity index (χ4v) is 2.29. The highest BCUT2D eigenvalue weighted by atomic mass is 16.5. The molecule has 0 aromatic carbocycles. The van der Waals surface area contributed by atoms with Crippen LogP contribution in [0.3, 0.4) is 0 Å². The third kappa shape index (κ3) is 1.85. The van der Waals surface area contributed by atoms with Crippen molar-refractivity contribution in [1.82, 2.24) is 14.8 Å². The Morgan fingerprint density at radius 3 is 2.88 bits per heavy atom. The van der Waals surface area contributed by atoms with Crippen molar-refractivity contribution in [2.75, 3.05) is 6.61 Å². The van der Waals surface area contributed by atoms with Crippen LogP contribution in [-0.4, -0.2) is 21.4 Å². The molecule has 0 amide bonds. The Labute approximate surface area is 96.0 Å². The van der Waals surface area contributed by atoms with E-state index in [4.69, 9.17) is 10.5 Å². The zero-order valence-corrected chi connectivity index (χ0v) is 10.1. The third-order valence-electron chi connectivity index (χ3n) is 3.15. The van der Waals surface area contributed by atoms with Gasteiger partial charge in [0, 0.05) is 13.2 Å². The zero-order chi connectivity index (χ0) is 11.6. The summed E-state index contributed by atoms with van der Waals surface area (Å²) in [5.41, 5.74) is 5.40. The SMILES string of the molecule is CCCn1c(CN)nnc1C1(C)CCCO1. The van der Waals surface area contributed by atoms with Crippen molar-refractivity contribution in [2.24, 2.45) is 5.73 Å². The van der Waals surface area contributed by atoms with Gasteiger partial charge < -0.3 is 15.0 Å². The van der Waals surface area contributed by atoms with Gasteiger partial charge in [-0.05, 0) is 26.2 Å². The van der Waals surface area contributed by atoms with Crippen LogP contribution in [0.4, 0.5) is 0 Å². The molecule has 1 unspecified atom stereocenters. The highest BCUT2D eigenvalue weighted by Gasteiger charge is 2.37. The Hall–Kier alpha value is -0.940. The summed E-state index contributed by atoms with van der Waals surface area (Å²) in [4.78, 5) is 0. The second kappa shape index (κ2) is 4.51. The molecule has 0 aliphatic carbocycles.